The molecule has 0 radical (unpaired) electrons. The van der Waals surface area contributed by atoms with E-state index in [2.05, 4.69) is 5.32 Å². The number of anilines is 1. The molecule has 0 aliphatic rings. The lowest BCUT2D eigenvalue weighted by atomic mass is 10.1. The number of hydrogen-bond acceptors (Lipinski definition) is 3. The van der Waals surface area contributed by atoms with E-state index in [9.17, 15) is 14.4 Å². The van der Waals surface area contributed by atoms with E-state index in [1.165, 1.54) is 9.13 Å². The molecule has 0 spiro atoms. The zero-order chi connectivity index (χ0) is 20.3. The number of amides is 1. The highest BCUT2D eigenvalue weighted by atomic mass is 16.2. The van der Waals surface area contributed by atoms with Gasteiger partial charge in [-0.15, -0.1) is 0 Å². The molecule has 6 heteroatoms. The van der Waals surface area contributed by atoms with Gasteiger partial charge in [0.1, 0.15) is 6.54 Å². The van der Waals surface area contributed by atoms with Crippen molar-refractivity contribution in [2.75, 3.05) is 5.32 Å². The van der Waals surface area contributed by atoms with Crippen molar-refractivity contribution in [2.45, 2.75) is 46.2 Å². The molecule has 146 valence electrons. The number of rotatable bonds is 6. The zero-order valence-corrected chi connectivity index (χ0v) is 16.4. The Hall–Kier alpha value is -3.15. The van der Waals surface area contributed by atoms with Crippen molar-refractivity contribution in [3.63, 3.8) is 0 Å². The van der Waals surface area contributed by atoms with Gasteiger partial charge in [-0.1, -0.05) is 44.2 Å². The van der Waals surface area contributed by atoms with Crippen molar-refractivity contribution in [1.29, 1.82) is 0 Å². The van der Waals surface area contributed by atoms with Crippen molar-refractivity contribution in [3.8, 4) is 0 Å². The molecular weight excluding hydrogens is 354 g/mol. The summed E-state index contributed by atoms with van der Waals surface area (Å²) in [5, 5.41) is 3.33. The molecule has 1 amide bonds. The Morgan fingerprint density at radius 3 is 2.43 bits per heavy atom. The molecule has 0 fully saturated rings. The molecule has 1 heterocycles. The summed E-state index contributed by atoms with van der Waals surface area (Å²) >= 11 is 0. The number of benzene rings is 2. The summed E-state index contributed by atoms with van der Waals surface area (Å²) in [6.45, 7) is 5.61. The van der Waals surface area contributed by atoms with Gasteiger partial charge in [0.15, 0.2) is 0 Å². The van der Waals surface area contributed by atoms with Crippen molar-refractivity contribution in [1.82, 2.24) is 9.13 Å². The van der Waals surface area contributed by atoms with Crippen LogP contribution in [-0.2, 0) is 17.8 Å². The molecule has 1 atom stereocenters. The van der Waals surface area contributed by atoms with Crippen LogP contribution in [0.4, 0.5) is 5.69 Å². The summed E-state index contributed by atoms with van der Waals surface area (Å²) < 4.78 is 2.63. The lowest BCUT2D eigenvalue weighted by Crippen LogP contribution is -2.43. The number of nitrogens with one attached hydrogen (secondary N) is 1. The molecule has 3 rings (SSSR count). The Balaban J connectivity index is 2.06. The van der Waals surface area contributed by atoms with Crippen LogP contribution in [0, 0.1) is 0 Å². The Morgan fingerprint density at radius 2 is 1.71 bits per heavy atom. The van der Waals surface area contributed by atoms with Crippen LogP contribution in [0.5, 0.6) is 0 Å². The third kappa shape index (κ3) is 3.63. The van der Waals surface area contributed by atoms with Gasteiger partial charge in [0.05, 0.1) is 10.9 Å². The molecule has 0 saturated carbocycles. The van der Waals surface area contributed by atoms with Crippen LogP contribution < -0.4 is 16.6 Å². The summed E-state index contributed by atoms with van der Waals surface area (Å²) in [6.07, 6.45) is 1.43. The topological polar surface area (TPSA) is 73.1 Å². The maximum Gasteiger partial charge on any atom is 0.332 e. The van der Waals surface area contributed by atoms with Gasteiger partial charge in [-0.25, -0.2) is 4.79 Å². The predicted molar refractivity (Wildman–Crippen MR) is 112 cm³/mol. The molecule has 1 aromatic heterocycles. The second kappa shape index (κ2) is 8.25. The van der Waals surface area contributed by atoms with Crippen LogP contribution in [0.3, 0.4) is 0 Å². The van der Waals surface area contributed by atoms with E-state index >= 15 is 0 Å². The number of fused-ring (bicyclic) bond motifs is 1. The molecule has 0 bridgehead atoms. The first-order valence-electron chi connectivity index (χ1n) is 9.59. The third-order valence-electron chi connectivity index (χ3n) is 5.09. The summed E-state index contributed by atoms with van der Waals surface area (Å²) in [7, 11) is 0. The Bertz CT molecular complexity index is 1130. The van der Waals surface area contributed by atoms with E-state index in [4.69, 9.17) is 0 Å². The van der Waals surface area contributed by atoms with Crippen molar-refractivity contribution < 1.29 is 4.79 Å². The number of carbonyl (C=O) groups excluding carboxylic acids is 1. The monoisotopic (exact) mass is 379 g/mol. The van der Waals surface area contributed by atoms with Crippen LogP contribution in [0.15, 0.2) is 58.1 Å². The van der Waals surface area contributed by atoms with E-state index in [0.717, 1.165) is 17.7 Å². The number of hydrogen-bond donors (Lipinski definition) is 1. The molecule has 0 aliphatic carbocycles. The Morgan fingerprint density at radius 1 is 1.04 bits per heavy atom. The maximum atomic E-state index is 13.1. The smallest absolute Gasteiger partial charge is 0.324 e. The molecule has 28 heavy (non-hydrogen) atoms. The minimum atomic E-state index is -0.461. The van der Waals surface area contributed by atoms with Crippen LogP contribution in [0.25, 0.3) is 10.9 Å². The van der Waals surface area contributed by atoms with Crippen molar-refractivity contribution >= 4 is 22.5 Å². The van der Waals surface area contributed by atoms with Gasteiger partial charge in [0.2, 0.25) is 5.91 Å². The fourth-order valence-corrected chi connectivity index (χ4v) is 3.35. The molecule has 2 aromatic carbocycles. The van der Waals surface area contributed by atoms with Gasteiger partial charge in [0, 0.05) is 11.7 Å². The number of para-hydroxylation sites is 2. The van der Waals surface area contributed by atoms with E-state index in [1.54, 1.807) is 24.3 Å². The van der Waals surface area contributed by atoms with Gasteiger partial charge in [0.25, 0.3) is 5.56 Å². The molecule has 6 nitrogen and oxygen atoms in total. The van der Waals surface area contributed by atoms with Crippen LogP contribution >= 0.6 is 0 Å². The zero-order valence-electron chi connectivity index (χ0n) is 16.4. The average Bonchev–Trinajstić information content (AvgIpc) is 2.71. The quantitative estimate of drug-likeness (QED) is 0.714. The Kier molecular flexibility index (Phi) is 5.78. The number of aryl methyl sites for hydroxylation is 1. The summed E-state index contributed by atoms with van der Waals surface area (Å²) in [4.78, 5) is 38.6. The third-order valence-corrected chi connectivity index (χ3v) is 5.09. The number of carbonyl (C=O) groups is 1. The van der Waals surface area contributed by atoms with Crippen molar-refractivity contribution in [2.24, 2.45) is 0 Å². The van der Waals surface area contributed by atoms with Crippen LogP contribution in [0.1, 0.15) is 38.8 Å². The molecule has 1 N–H and O–H groups in total. The molecule has 0 saturated heterocycles. The number of aromatic nitrogens is 2. The standard InChI is InChI=1S/C22H25N3O3/c1-4-15(3)25-21(27)17-11-7-9-13-19(17)24(22(25)28)14-20(26)23-18-12-8-6-10-16(18)5-2/h6-13,15H,4-5,14H2,1-3H3,(H,23,26)/t15-/m1/s1. The lowest BCUT2D eigenvalue weighted by Gasteiger charge is -2.18. The summed E-state index contributed by atoms with van der Waals surface area (Å²) in [5.74, 6) is -0.303. The highest BCUT2D eigenvalue weighted by Gasteiger charge is 2.18. The van der Waals surface area contributed by atoms with Gasteiger partial charge >= 0.3 is 5.69 Å². The molecule has 0 unspecified atom stereocenters. The van der Waals surface area contributed by atoms with Crippen LogP contribution in [-0.4, -0.2) is 15.0 Å². The lowest BCUT2D eigenvalue weighted by molar-refractivity contribution is -0.116. The van der Waals surface area contributed by atoms with E-state index in [1.807, 2.05) is 45.0 Å². The van der Waals surface area contributed by atoms with Gasteiger partial charge in [-0.2, -0.15) is 0 Å². The Labute approximate surface area is 163 Å². The number of nitrogens with zero attached hydrogens (tertiary/aromatic N) is 2. The van der Waals surface area contributed by atoms with Gasteiger partial charge < -0.3 is 5.32 Å². The largest absolute Gasteiger partial charge is 0.332 e. The minimum Gasteiger partial charge on any atom is -0.324 e. The van der Waals surface area contributed by atoms with E-state index < -0.39 is 5.69 Å². The highest BCUT2D eigenvalue weighted by molar-refractivity contribution is 5.92. The first-order chi connectivity index (χ1) is 13.5. The molecule has 0 aliphatic heterocycles. The summed E-state index contributed by atoms with van der Waals surface area (Å²) in [6, 6.07) is 14.3. The summed E-state index contributed by atoms with van der Waals surface area (Å²) in [5.41, 5.74) is 1.45. The SMILES string of the molecule is CCc1ccccc1NC(=O)Cn1c(=O)n([C@H](C)CC)c(=O)c2ccccc21. The normalized spacial score (nSPS) is 12.1. The van der Waals surface area contributed by atoms with E-state index in [0.29, 0.717) is 17.3 Å². The van der Waals surface area contributed by atoms with E-state index in [-0.39, 0.29) is 24.1 Å². The first-order valence-corrected chi connectivity index (χ1v) is 9.59. The maximum absolute atomic E-state index is 13.1. The average molecular weight is 379 g/mol. The fraction of sp³-hybridized carbons (Fsp3) is 0.318. The van der Waals surface area contributed by atoms with Gasteiger partial charge in [-0.3, -0.25) is 18.7 Å². The van der Waals surface area contributed by atoms with Crippen molar-refractivity contribution in [3.05, 3.63) is 74.9 Å². The van der Waals surface area contributed by atoms with Gasteiger partial charge in [-0.05, 0) is 43.5 Å². The second-order valence-electron chi connectivity index (χ2n) is 6.88. The molecular formula is C22H25N3O3. The fourth-order valence-electron chi connectivity index (χ4n) is 3.35. The first kappa shape index (κ1) is 19.6. The van der Waals surface area contributed by atoms with Crippen LogP contribution in [0.2, 0.25) is 0 Å². The minimum absolute atomic E-state index is 0.159. The second-order valence-corrected chi connectivity index (χ2v) is 6.88. The molecule has 3 aromatic rings. The predicted octanol–water partition coefficient (Wildman–Crippen LogP) is 3.34. The highest BCUT2D eigenvalue weighted by Crippen LogP contribution is 2.16.